The molecule has 2 N–H and O–H groups in total. The molecular formula is C27H25NO5. The summed E-state index contributed by atoms with van der Waals surface area (Å²) < 4.78 is 11.4. The first kappa shape index (κ1) is 22.1. The van der Waals surface area contributed by atoms with Gasteiger partial charge in [0.15, 0.2) is 12.0 Å². The van der Waals surface area contributed by atoms with E-state index in [-0.39, 0.29) is 45.8 Å². The fourth-order valence-corrected chi connectivity index (χ4v) is 3.47. The smallest absolute Gasteiger partial charge is 0.262 e. The highest BCUT2D eigenvalue weighted by Crippen LogP contribution is 2.31. The molecule has 0 saturated heterocycles. The van der Waals surface area contributed by atoms with E-state index in [1.807, 2.05) is 54.6 Å². The van der Waals surface area contributed by atoms with Gasteiger partial charge in [0.2, 0.25) is 0 Å². The summed E-state index contributed by atoms with van der Waals surface area (Å²) in [6.07, 6.45) is 0. The van der Waals surface area contributed by atoms with Crippen molar-refractivity contribution in [3.8, 4) is 22.8 Å². The molecule has 1 heterocycles. The van der Waals surface area contributed by atoms with E-state index in [4.69, 9.17) is 9.15 Å². The van der Waals surface area contributed by atoms with E-state index in [0.29, 0.717) is 11.4 Å². The normalized spacial score (nSPS) is 11.4. The summed E-state index contributed by atoms with van der Waals surface area (Å²) in [6, 6.07) is 21.0. The first-order chi connectivity index (χ1) is 15.7. The predicted molar refractivity (Wildman–Crippen MR) is 129 cm³/mol. The van der Waals surface area contributed by atoms with Crippen LogP contribution in [0.3, 0.4) is 0 Å². The molecule has 6 heteroatoms. The number of ether oxygens (including phenoxy) is 1. The van der Waals surface area contributed by atoms with Crippen LogP contribution in [0.4, 0.5) is 5.69 Å². The molecule has 1 aromatic heterocycles. The zero-order chi connectivity index (χ0) is 23.6. The molecule has 0 atom stereocenters. The van der Waals surface area contributed by atoms with E-state index < -0.39 is 0 Å². The molecule has 33 heavy (non-hydrogen) atoms. The average molecular weight is 443 g/mol. The van der Waals surface area contributed by atoms with Crippen molar-refractivity contribution < 1.29 is 19.1 Å². The summed E-state index contributed by atoms with van der Waals surface area (Å²) in [7, 11) is 0. The number of anilines is 1. The number of carbonyl (C=O) groups excluding carboxylic acids is 1. The Hall–Kier alpha value is -4.06. The minimum absolute atomic E-state index is 0.0269. The quantitative estimate of drug-likeness (QED) is 0.426. The van der Waals surface area contributed by atoms with E-state index in [1.54, 1.807) is 0 Å². The van der Waals surface area contributed by atoms with Gasteiger partial charge in [-0.15, -0.1) is 0 Å². The Morgan fingerprint density at radius 1 is 1.00 bits per heavy atom. The van der Waals surface area contributed by atoms with Crippen LogP contribution in [0.15, 0.2) is 82.0 Å². The lowest BCUT2D eigenvalue weighted by Crippen LogP contribution is -2.20. The summed E-state index contributed by atoms with van der Waals surface area (Å²) in [5.41, 5.74) is 2.40. The number of nitrogens with one attached hydrogen (secondary N) is 1. The van der Waals surface area contributed by atoms with Crippen molar-refractivity contribution in [2.45, 2.75) is 26.2 Å². The molecule has 6 nitrogen and oxygen atoms in total. The van der Waals surface area contributed by atoms with Crippen molar-refractivity contribution in [2.24, 2.45) is 0 Å². The van der Waals surface area contributed by atoms with Crippen molar-refractivity contribution in [2.75, 3.05) is 11.9 Å². The largest absolute Gasteiger partial charge is 0.507 e. The standard InChI is InChI=1S/C27H25NO5/c1-27(2,3)18-9-11-19(12-10-18)28-25(31)16-32-20-13-21(29)26-22(30)15-23(33-24(26)14-20)17-7-5-4-6-8-17/h4-15,29H,16H2,1-3H3,(H,28,31). The van der Waals surface area contributed by atoms with Crippen LogP contribution in [0, 0.1) is 0 Å². The summed E-state index contributed by atoms with van der Waals surface area (Å²) in [6.45, 7) is 6.10. The van der Waals surface area contributed by atoms with Crippen molar-refractivity contribution >= 4 is 22.6 Å². The van der Waals surface area contributed by atoms with Gasteiger partial charge in [-0.05, 0) is 23.1 Å². The number of amides is 1. The lowest BCUT2D eigenvalue weighted by atomic mass is 9.87. The molecule has 0 unspecified atom stereocenters. The number of aromatic hydroxyl groups is 1. The maximum absolute atomic E-state index is 12.5. The number of hydrogen-bond acceptors (Lipinski definition) is 5. The maximum Gasteiger partial charge on any atom is 0.262 e. The van der Waals surface area contributed by atoms with Gasteiger partial charge in [0.25, 0.3) is 5.91 Å². The van der Waals surface area contributed by atoms with Gasteiger partial charge in [-0.2, -0.15) is 0 Å². The van der Waals surface area contributed by atoms with Crippen LogP contribution >= 0.6 is 0 Å². The van der Waals surface area contributed by atoms with Gasteiger partial charge in [0, 0.05) is 29.4 Å². The molecule has 0 saturated carbocycles. The highest BCUT2D eigenvalue weighted by molar-refractivity contribution is 5.92. The number of fused-ring (bicyclic) bond motifs is 1. The highest BCUT2D eigenvalue weighted by atomic mass is 16.5. The molecule has 0 spiro atoms. The van der Waals surface area contributed by atoms with Crippen LogP contribution < -0.4 is 15.5 Å². The zero-order valence-electron chi connectivity index (χ0n) is 18.7. The van der Waals surface area contributed by atoms with Gasteiger partial charge in [0.1, 0.15) is 28.2 Å². The van der Waals surface area contributed by atoms with Gasteiger partial charge in [-0.25, -0.2) is 0 Å². The third kappa shape index (κ3) is 5.06. The minimum atomic E-state index is -0.365. The molecule has 0 aliphatic rings. The average Bonchev–Trinajstić information content (AvgIpc) is 2.77. The Morgan fingerprint density at radius 2 is 1.70 bits per heavy atom. The van der Waals surface area contributed by atoms with E-state index in [2.05, 4.69) is 26.1 Å². The third-order valence-electron chi connectivity index (χ3n) is 5.25. The Morgan fingerprint density at radius 3 is 2.36 bits per heavy atom. The molecular weight excluding hydrogens is 418 g/mol. The summed E-state index contributed by atoms with van der Waals surface area (Å²) in [4.78, 5) is 24.9. The van der Waals surface area contributed by atoms with Crippen LogP contribution in [0.5, 0.6) is 11.5 Å². The fourth-order valence-electron chi connectivity index (χ4n) is 3.47. The van der Waals surface area contributed by atoms with Crippen LogP contribution in [-0.2, 0) is 10.2 Å². The number of hydrogen-bond donors (Lipinski definition) is 2. The Kier molecular flexibility index (Phi) is 5.92. The monoisotopic (exact) mass is 443 g/mol. The van der Waals surface area contributed by atoms with Gasteiger partial charge < -0.3 is 19.6 Å². The first-order valence-corrected chi connectivity index (χ1v) is 10.6. The van der Waals surface area contributed by atoms with Crippen molar-refractivity contribution in [3.63, 3.8) is 0 Å². The number of phenolic OH excluding ortho intramolecular Hbond substituents is 1. The second kappa shape index (κ2) is 8.82. The van der Waals surface area contributed by atoms with Gasteiger partial charge in [0.05, 0.1) is 0 Å². The van der Waals surface area contributed by atoms with Crippen LogP contribution in [0.2, 0.25) is 0 Å². The molecule has 0 bridgehead atoms. The lowest BCUT2D eigenvalue weighted by molar-refractivity contribution is -0.118. The molecule has 3 aromatic carbocycles. The number of phenols is 1. The summed E-state index contributed by atoms with van der Waals surface area (Å²) in [5.74, 6) is -0.0284. The van der Waals surface area contributed by atoms with E-state index in [9.17, 15) is 14.7 Å². The van der Waals surface area contributed by atoms with Crippen LogP contribution in [0.25, 0.3) is 22.3 Å². The number of benzene rings is 3. The molecule has 0 aliphatic heterocycles. The second-order valence-corrected chi connectivity index (χ2v) is 8.82. The topological polar surface area (TPSA) is 88.8 Å². The molecule has 0 radical (unpaired) electrons. The van der Waals surface area contributed by atoms with Gasteiger partial charge in [-0.3, -0.25) is 9.59 Å². The molecule has 1 amide bonds. The van der Waals surface area contributed by atoms with Crippen molar-refractivity contribution in [3.05, 3.63) is 88.6 Å². The van der Waals surface area contributed by atoms with E-state index in [1.165, 1.54) is 23.8 Å². The van der Waals surface area contributed by atoms with E-state index in [0.717, 1.165) is 5.56 Å². The molecule has 4 aromatic rings. The molecule has 0 fully saturated rings. The Balaban J connectivity index is 1.50. The highest BCUT2D eigenvalue weighted by Gasteiger charge is 2.15. The molecule has 4 rings (SSSR count). The molecule has 0 aliphatic carbocycles. The van der Waals surface area contributed by atoms with Crippen LogP contribution in [0.1, 0.15) is 26.3 Å². The molecule has 168 valence electrons. The van der Waals surface area contributed by atoms with Crippen LogP contribution in [-0.4, -0.2) is 17.6 Å². The van der Waals surface area contributed by atoms with Gasteiger partial charge >= 0.3 is 0 Å². The van der Waals surface area contributed by atoms with Crippen molar-refractivity contribution in [1.29, 1.82) is 0 Å². The first-order valence-electron chi connectivity index (χ1n) is 10.6. The maximum atomic E-state index is 12.5. The van der Waals surface area contributed by atoms with E-state index >= 15 is 0 Å². The predicted octanol–water partition coefficient (Wildman–Crippen LogP) is 5.48. The number of rotatable bonds is 5. The Labute approximate surface area is 191 Å². The summed E-state index contributed by atoms with van der Waals surface area (Å²) in [5, 5.41) is 13.2. The Bertz CT molecular complexity index is 1350. The number of carbonyl (C=O) groups is 1. The minimum Gasteiger partial charge on any atom is -0.507 e. The SMILES string of the molecule is CC(C)(C)c1ccc(NC(=O)COc2cc(O)c3c(=O)cc(-c4ccccc4)oc3c2)cc1. The van der Waals surface area contributed by atoms with Gasteiger partial charge in [-0.1, -0.05) is 63.2 Å². The summed E-state index contributed by atoms with van der Waals surface area (Å²) >= 11 is 0. The second-order valence-electron chi connectivity index (χ2n) is 8.82. The lowest BCUT2D eigenvalue weighted by Gasteiger charge is -2.19. The third-order valence-corrected chi connectivity index (χ3v) is 5.25. The zero-order valence-corrected chi connectivity index (χ0v) is 18.7. The van der Waals surface area contributed by atoms with Crippen molar-refractivity contribution in [1.82, 2.24) is 0 Å². The fraction of sp³-hybridized carbons (Fsp3) is 0.185.